The molecule has 0 aliphatic carbocycles. The highest BCUT2D eigenvalue weighted by atomic mass is 19.1. The van der Waals surface area contributed by atoms with E-state index >= 15 is 0 Å². The lowest BCUT2D eigenvalue weighted by atomic mass is 10.1. The van der Waals surface area contributed by atoms with Gasteiger partial charge < -0.3 is 10.1 Å². The normalized spacial score (nSPS) is 9.79. The molecule has 0 radical (unpaired) electrons. The molecular weight excluding hydrogens is 247 g/mol. The van der Waals surface area contributed by atoms with E-state index in [9.17, 15) is 4.39 Å². The van der Waals surface area contributed by atoms with Gasteiger partial charge in [-0.2, -0.15) is 14.6 Å². The molecular formula is C13H11FN4O. The lowest BCUT2D eigenvalue weighted by Crippen LogP contribution is -2.02. The molecule has 1 aromatic heterocycles. The Hall–Kier alpha value is -2.68. The van der Waals surface area contributed by atoms with Crippen molar-refractivity contribution in [3.8, 4) is 11.9 Å². The second kappa shape index (κ2) is 5.31. The maximum atomic E-state index is 13.9. The molecule has 0 spiro atoms. The molecule has 2 rings (SSSR count). The topological polar surface area (TPSA) is 70.8 Å². The fourth-order valence-electron chi connectivity index (χ4n) is 1.57. The predicted octanol–water partition coefficient (Wildman–Crippen LogP) is 2.55. The molecule has 1 aromatic carbocycles. The highest BCUT2D eigenvalue weighted by Gasteiger charge is 2.13. The third kappa shape index (κ3) is 2.60. The number of rotatable bonds is 3. The number of benzene rings is 1. The molecule has 6 heteroatoms. The number of halogens is 1. The molecule has 0 bridgehead atoms. The molecule has 1 N–H and O–H groups in total. The summed E-state index contributed by atoms with van der Waals surface area (Å²) in [6.45, 7) is 1.87. The summed E-state index contributed by atoms with van der Waals surface area (Å²) >= 11 is 0. The van der Waals surface area contributed by atoms with E-state index in [0.29, 0.717) is 11.3 Å². The Morgan fingerprint density at radius 1 is 1.37 bits per heavy atom. The van der Waals surface area contributed by atoms with Gasteiger partial charge in [0.05, 0.1) is 18.4 Å². The number of anilines is 2. The van der Waals surface area contributed by atoms with E-state index in [2.05, 4.69) is 15.3 Å². The Labute approximate surface area is 109 Å². The second-order valence-electron chi connectivity index (χ2n) is 3.83. The first-order valence-corrected chi connectivity index (χ1v) is 5.48. The van der Waals surface area contributed by atoms with Crippen molar-refractivity contribution in [1.29, 1.82) is 5.26 Å². The molecule has 0 atom stereocenters. The first kappa shape index (κ1) is 12.8. The van der Waals surface area contributed by atoms with Crippen LogP contribution in [0.4, 0.5) is 15.9 Å². The van der Waals surface area contributed by atoms with Gasteiger partial charge >= 0.3 is 0 Å². The minimum atomic E-state index is -0.700. The molecule has 5 nitrogen and oxygen atoms in total. The monoisotopic (exact) mass is 258 g/mol. The zero-order chi connectivity index (χ0) is 13.8. The average Bonchev–Trinajstić information content (AvgIpc) is 2.42. The zero-order valence-corrected chi connectivity index (χ0v) is 10.4. The van der Waals surface area contributed by atoms with Crippen LogP contribution in [-0.2, 0) is 0 Å². The van der Waals surface area contributed by atoms with Gasteiger partial charge in [0, 0.05) is 0 Å². The van der Waals surface area contributed by atoms with Crippen LogP contribution in [0.1, 0.15) is 11.1 Å². The highest BCUT2D eigenvalue weighted by molar-refractivity contribution is 5.65. The van der Waals surface area contributed by atoms with E-state index in [0.717, 1.165) is 5.56 Å². The number of aromatic nitrogens is 2. The van der Waals surface area contributed by atoms with Gasteiger partial charge in [0.2, 0.25) is 5.82 Å². The summed E-state index contributed by atoms with van der Waals surface area (Å²) < 4.78 is 18.6. The zero-order valence-electron chi connectivity index (χ0n) is 10.4. The van der Waals surface area contributed by atoms with Crippen molar-refractivity contribution in [2.75, 3.05) is 12.4 Å². The van der Waals surface area contributed by atoms with Crippen LogP contribution >= 0.6 is 0 Å². The molecule has 19 heavy (non-hydrogen) atoms. The van der Waals surface area contributed by atoms with Crippen LogP contribution in [-0.4, -0.2) is 17.1 Å². The first-order valence-electron chi connectivity index (χ1n) is 5.48. The standard InChI is InChI=1S/C13H11FN4O/c1-8-3-4-10(9(5-8)6-15)18-12-11(14)13(19-2)17-7-16-12/h3-5,7H,1-2H3,(H,16,17,18). The molecule has 0 unspecified atom stereocenters. The average molecular weight is 258 g/mol. The van der Waals surface area contributed by atoms with Gasteiger partial charge in [-0.15, -0.1) is 0 Å². The van der Waals surface area contributed by atoms with Crippen molar-refractivity contribution < 1.29 is 9.13 Å². The molecule has 0 aliphatic rings. The van der Waals surface area contributed by atoms with Crippen LogP contribution in [0.25, 0.3) is 0 Å². The van der Waals surface area contributed by atoms with E-state index in [-0.39, 0.29) is 11.7 Å². The summed E-state index contributed by atoms with van der Waals surface area (Å²) in [6.07, 6.45) is 1.19. The van der Waals surface area contributed by atoms with Crippen LogP contribution in [0.15, 0.2) is 24.5 Å². The summed E-state index contributed by atoms with van der Waals surface area (Å²) in [5.74, 6) is -0.884. The van der Waals surface area contributed by atoms with Crippen LogP contribution in [0, 0.1) is 24.1 Å². The van der Waals surface area contributed by atoms with Gasteiger partial charge in [-0.05, 0) is 24.6 Å². The molecule has 2 aromatic rings. The smallest absolute Gasteiger partial charge is 0.255 e. The Balaban J connectivity index is 2.40. The number of nitriles is 1. The fourth-order valence-corrected chi connectivity index (χ4v) is 1.57. The number of ether oxygens (including phenoxy) is 1. The van der Waals surface area contributed by atoms with E-state index < -0.39 is 5.82 Å². The summed E-state index contributed by atoms with van der Waals surface area (Å²) in [7, 11) is 1.32. The lowest BCUT2D eigenvalue weighted by molar-refractivity contribution is 0.368. The number of nitrogens with one attached hydrogen (secondary N) is 1. The van der Waals surface area contributed by atoms with Crippen molar-refractivity contribution in [3.05, 3.63) is 41.5 Å². The molecule has 96 valence electrons. The maximum absolute atomic E-state index is 13.9. The third-order valence-electron chi connectivity index (χ3n) is 2.50. The Kier molecular flexibility index (Phi) is 3.57. The third-order valence-corrected chi connectivity index (χ3v) is 2.50. The molecule has 0 saturated heterocycles. The van der Waals surface area contributed by atoms with Crippen molar-refractivity contribution in [2.24, 2.45) is 0 Å². The van der Waals surface area contributed by atoms with Crippen LogP contribution in [0.5, 0.6) is 5.88 Å². The SMILES string of the molecule is COc1ncnc(Nc2ccc(C)cc2C#N)c1F. The van der Waals surface area contributed by atoms with E-state index in [1.54, 1.807) is 12.1 Å². The van der Waals surface area contributed by atoms with Crippen molar-refractivity contribution in [1.82, 2.24) is 9.97 Å². The number of methoxy groups -OCH3 is 1. The first-order chi connectivity index (χ1) is 9.15. The van der Waals surface area contributed by atoms with E-state index in [4.69, 9.17) is 10.00 Å². The molecule has 0 saturated carbocycles. The molecule has 0 amide bonds. The summed E-state index contributed by atoms with van der Waals surface area (Å²) in [6, 6.07) is 7.27. The minimum Gasteiger partial charge on any atom is -0.479 e. The quantitative estimate of drug-likeness (QED) is 0.916. The summed E-state index contributed by atoms with van der Waals surface area (Å²) in [5.41, 5.74) is 1.84. The Bertz CT molecular complexity index is 652. The number of nitrogens with zero attached hydrogens (tertiary/aromatic N) is 3. The molecule has 0 aliphatic heterocycles. The van der Waals surface area contributed by atoms with Gasteiger partial charge in [-0.3, -0.25) is 0 Å². The Morgan fingerprint density at radius 2 is 2.16 bits per heavy atom. The number of aryl methyl sites for hydroxylation is 1. The predicted molar refractivity (Wildman–Crippen MR) is 67.7 cm³/mol. The molecule has 0 fully saturated rings. The van der Waals surface area contributed by atoms with Crippen molar-refractivity contribution in [3.63, 3.8) is 0 Å². The molecule has 1 heterocycles. The lowest BCUT2D eigenvalue weighted by Gasteiger charge is -2.09. The summed E-state index contributed by atoms with van der Waals surface area (Å²) in [5, 5.41) is 11.8. The van der Waals surface area contributed by atoms with Crippen molar-refractivity contribution >= 4 is 11.5 Å². The van der Waals surface area contributed by atoms with Gasteiger partial charge in [0.1, 0.15) is 12.4 Å². The van der Waals surface area contributed by atoms with Gasteiger partial charge in [0.15, 0.2) is 5.82 Å². The second-order valence-corrected chi connectivity index (χ2v) is 3.83. The van der Waals surface area contributed by atoms with Crippen LogP contribution < -0.4 is 10.1 Å². The van der Waals surface area contributed by atoms with Gasteiger partial charge in [-0.25, -0.2) is 4.98 Å². The van der Waals surface area contributed by atoms with Gasteiger partial charge in [0.25, 0.3) is 5.88 Å². The van der Waals surface area contributed by atoms with Crippen molar-refractivity contribution in [2.45, 2.75) is 6.92 Å². The van der Waals surface area contributed by atoms with E-state index in [1.807, 2.05) is 19.1 Å². The van der Waals surface area contributed by atoms with Gasteiger partial charge in [-0.1, -0.05) is 6.07 Å². The minimum absolute atomic E-state index is 0.0350. The van der Waals surface area contributed by atoms with E-state index in [1.165, 1.54) is 13.4 Å². The number of hydrogen-bond acceptors (Lipinski definition) is 5. The van der Waals surface area contributed by atoms with Crippen LogP contribution in [0.2, 0.25) is 0 Å². The number of hydrogen-bond donors (Lipinski definition) is 1. The fraction of sp³-hybridized carbons (Fsp3) is 0.154. The Morgan fingerprint density at radius 3 is 2.84 bits per heavy atom. The largest absolute Gasteiger partial charge is 0.479 e. The maximum Gasteiger partial charge on any atom is 0.255 e. The highest BCUT2D eigenvalue weighted by Crippen LogP contribution is 2.25. The summed E-state index contributed by atoms with van der Waals surface area (Å²) in [4.78, 5) is 7.44. The van der Waals surface area contributed by atoms with Crippen LogP contribution in [0.3, 0.4) is 0 Å².